The van der Waals surface area contributed by atoms with Crippen molar-refractivity contribution >= 4 is 0 Å². The lowest BCUT2D eigenvalue weighted by Gasteiger charge is -2.09. The smallest absolute Gasteiger partial charge is 0.122 e. The van der Waals surface area contributed by atoms with Crippen LogP contribution in [0, 0.1) is 6.92 Å². The van der Waals surface area contributed by atoms with Gasteiger partial charge in [0.1, 0.15) is 5.75 Å². The van der Waals surface area contributed by atoms with Gasteiger partial charge < -0.3 is 4.74 Å². The van der Waals surface area contributed by atoms with Crippen molar-refractivity contribution in [3.05, 3.63) is 28.8 Å². The highest BCUT2D eigenvalue weighted by molar-refractivity contribution is 5.45. The molecule has 1 heteroatoms. The molecule has 1 aliphatic carbocycles. The summed E-state index contributed by atoms with van der Waals surface area (Å²) in [6.07, 6.45) is 2.51. The molecule has 0 spiro atoms. The number of benzene rings is 1. The minimum absolute atomic E-state index is 0.736. The number of hydrogen-bond donors (Lipinski definition) is 0. The predicted octanol–water partition coefficient (Wildman–Crippen LogP) is 3.05. The second-order valence-electron chi connectivity index (χ2n) is 3.96. The van der Waals surface area contributed by atoms with E-state index >= 15 is 0 Å². The van der Waals surface area contributed by atoms with Crippen molar-refractivity contribution in [2.24, 2.45) is 0 Å². The van der Waals surface area contributed by atoms with Gasteiger partial charge in [-0.25, -0.2) is 0 Å². The van der Waals surface area contributed by atoms with Crippen molar-refractivity contribution in [3.63, 3.8) is 0 Å². The Hall–Kier alpha value is -0.980. The first-order valence-electron chi connectivity index (χ1n) is 4.89. The zero-order chi connectivity index (χ0) is 9.42. The summed E-state index contributed by atoms with van der Waals surface area (Å²) >= 11 is 0. The molecule has 1 aromatic carbocycles. The Morgan fingerprint density at radius 2 is 2.15 bits per heavy atom. The van der Waals surface area contributed by atoms with E-state index in [2.05, 4.69) is 26.0 Å². The molecule has 1 unspecified atom stereocenters. The molecule has 1 aromatic rings. The van der Waals surface area contributed by atoms with E-state index in [1.165, 1.54) is 29.5 Å². The molecule has 13 heavy (non-hydrogen) atoms. The van der Waals surface area contributed by atoms with Crippen LogP contribution in [0.15, 0.2) is 12.1 Å². The Balaban J connectivity index is 2.50. The van der Waals surface area contributed by atoms with Crippen LogP contribution in [0.2, 0.25) is 0 Å². The van der Waals surface area contributed by atoms with Crippen LogP contribution in [0.25, 0.3) is 0 Å². The van der Waals surface area contributed by atoms with Gasteiger partial charge in [-0.2, -0.15) is 0 Å². The Labute approximate surface area is 79.7 Å². The molecule has 0 radical (unpaired) electrons. The normalized spacial score (nSPS) is 20.1. The van der Waals surface area contributed by atoms with Gasteiger partial charge in [0.2, 0.25) is 0 Å². The third-order valence-electron chi connectivity index (χ3n) is 3.03. The minimum Gasteiger partial charge on any atom is -0.496 e. The second kappa shape index (κ2) is 3.06. The summed E-state index contributed by atoms with van der Waals surface area (Å²) in [6.45, 7) is 4.42. The van der Waals surface area contributed by atoms with E-state index in [4.69, 9.17) is 4.74 Å². The van der Waals surface area contributed by atoms with Gasteiger partial charge in [0.25, 0.3) is 0 Å². The molecule has 0 saturated carbocycles. The molecule has 0 N–H and O–H groups in total. The maximum absolute atomic E-state index is 5.31. The van der Waals surface area contributed by atoms with Crippen LogP contribution in [0.5, 0.6) is 5.75 Å². The molecule has 1 atom stereocenters. The van der Waals surface area contributed by atoms with E-state index in [0.717, 1.165) is 11.7 Å². The zero-order valence-electron chi connectivity index (χ0n) is 8.55. The average molecular weight is 176 g/mol. The fourth-order valence-corrected chi connectivity index (χ4v) is 2.18. The number of methoxy groups -OCH3 is 1. The van der Waals surface area contributed by atoms with Crippen LogP contribution in [-0.2, 0) is 6.42 Å². The van der Waals surface area contributed by atoms with Gasteiger partial charge in [0.15, 0.2) is 0 Å². The van der Waals surface area contributed by atoms with Crippen LogP contribution in [0.4, 0.5) is 0 Å². The van der Waals surface area contributed by atoms with Crippen LogP contribution < -0.4 is 4.74 Å². The minimum atomic E-state index is 0.736. The first-order chi connectivity index (χ1) is 6.22. The zero-order valence-corrected chi connectivity index (χ0v) is 8.55. The Bertz CT molecular complexity index is 328. The molecule has 0 fully saturated rings. The van der Waals surface area contributed by atoms with Crippen LogP contribution >= 0.6 is 0 Å². The highest BCUT2D eigenvalue weighted by Gasteiger charge is 2.19. The lowest BCUT2D eigenvalue weighted by Crippen LogP contribution is -1.92. The largest absolute Gasteiger partial charge is 0.496 e. The molecule has 0 amide bonds. The first kappa shape index (κ1) is 8.61. The summed E-state index contributed by atoms with van der Waals surface area (Å²) in [6, 6.07) is 4.49. The Morgan fingerprint density at radius 3 is 2.85 bits per heavy atom. The standard InChI is InChI=1S/C12H16O/c1-8-4-5-10-7-12(13-3)9(2)6-11(8)10/h6-8H,4-5H2,1-3H3. The Kier molecular flexibility index (Phi) is 2.03. The van der Waals surface area contributed by atoms with Crippen molar-refractivity contribution < 1.29 is 4.74 Å². The number of fused-ring (bicyclic) bond motifs is 1. The number of hydrogen-bond acceptors (Lipinski definition) is 1. The van der Waals surface area contributed by atoms with Crippen molar-refractivity contribution in [3.8, 4) is 5.75 Å². The molecule has 0 saturated heterocycles. The fraction of sp³-hybridized carbons (Fsp3) is 0.500. The average Bonchev–Trinajstić information content (AvgIpc) is 2.47. The van der Waals surface area contributed by atoms with Crippen LogP contribution in [0.1, 0.15) is 36.0 Å². The Morgan fingerprint density at radius 1 is 1.38 bits per heavy atom. The van der Waals surface area contributed by atoms with E-state index in [0.29, 0.717) is 0 Å². The number of ether oxygens (including phenoxy) is 1. The predicted molar refractivity (Wildman–Crippen MR) is 54.5 cm³/mol. The van der Waals surface area contributed by atoms with Gasteiger partial charge in [-0.15, -0.1) is 0 Å². The van der Waals surface area contributed by atoms with E-state index in [9.17, 15) is 0 Å². The van der Waals surface area contributed by atoms with Gasteiger partial charge in [-0.1, -0.05) is 13.0 Å². The second-order valence-corrected chi connectivity index (χ2v) is 3.96. The van der Waals surface area contributed by atoms with Gasteiger partial charge in [-0.05, 0) is 48.4 Å². The molecule has 1 aliphatic rings. The maximum atomic E-state index is 5.31. The molecular formula is C12H16O. The summed E-state index contributed by atoms with van der Waals surface area (Å²) in [5, 5.41) is 0. The van der Waals surface area contributed by atoms with Crippen molar-refractivity contribution in [2.75, 3.05) is 7.11 Å². The highest BCUT2D eigenvalue weighted by atomic mass is 16.5. The monoisotopic (exact) mass is 176 g/mol. The van der Waals surface area contributed by atoms with Crippen LogP contribution in [-0.4, -0.2) is 7.11 Å². The van der Waals surface area contributed by atoms with Gasteiger partial charge in [-0.3, -0.25) is 0 Å². The van der Waals surface area contributed by atoms with Gasteiger partial charge in [0.05, 0.1) is 7.11 Å². The molecule has 2 rings (SSSR count). The first-order valence-corrected chi connectivity index (χ1v) is 4.89. The van der Waals surface area contributed by atoms with E-state index < -0.39 is 0 Å². The third-order valence-corrected chi connectivity index (χ3v) is 3.03. The summed E-state index contributed by atoms with van der Waals surface area (Å²) in [4.78, 5) is 0. The molecule has 0 bridgehead atoms. The quantitative estimate of drug-likeness (QED) is 0.639. The van der Waals surface area contributed by atoms with E-state index in [1.54, 1.807) is 7.11 Å². The summed E-state index contributed by atoms with van der Waals surface area (Å²) < 4.78 is 5.31. The molecular weight excluding hydrogens is 160 g/mol. The molecule has 0 heterocycles. The summed E-state index contributed by atoms with van der Waals surface area (Å²) in [5.74, 6) is 1.77. The SMILES string of the molecule is COc1cc2c(cc1C)C(C)CC2. The lowest BCUT2D eigenvalue weighted by molar-refractivity contribution is 0.411. The third kappa shape index (κ3) is 1.32. The van der Waals surface area contributed by atoms with Crippen molar-refractivity contribution in [2.45, 2.75) is 32.6 Å². The van der Waals surface area contributed by atoms with E-state index in [1.807, 2.05) is 0 Å². The fourth-order valence-electron chi connectivity index (χ4n) is 2.18. The molecule has 0 aliphatic heterocycles. The van der Waals surface area contributed by atoms with Crippen LogP contribution in [0.3, 0.4) is 0 Å². The summed E-state index contributed by atoms with van der Waals surface area (Å²) in [7, 11) is 1.74. The molecule has 1 nitrogen and oxygen atoms in total. The lowest BCUT2D eigenvalue weighted by atomic mass is 10.0. The summed E-state index contributed by atoms with van der Waals surface area (Å²) in [5.41, 5.74) is 4.27. The van der Waals surface area contributed by atoms with Gasteiger partial charge in [0, 0.05) is 0 Å². The number of aryl methyl sites for hydroxylation is 2. The highest BCUT2D eigenvalue weighted by Crippen LogP contribution is 2.36. The topological polar surface area (TPSA) is 9.23 Å². The molecule has 70 valence electrons. The maximum Gasteiger partial charge on any atom is 0.122 e. The molecule has 0 aromatic heterocycles. The number of rotatable bonds is 1. The van der Waals surface area contributed by atoms with Gasteiger partial charge >= 0.3 is 0 Å². The van der Waals surface area contributed by atoms with Crippen molar-refractivity contribution in [1.82, 2.24) is 0 Å². The van der Waals surface area contributed by atoms with Crippen molar-refractivity contribution in [1.29, 1.82) is 0 Å². The van der Waals surface area contributed by atoms with E-state index in [-0.39, 0.29) is 0 Å².